The van der Waals surface area contributed by atoms with Crippen molar-refractivity contribution >= 4 is 23.7 Å². The van der Waals surface area contributed by atoms with Crippen LogP contribution in [0.25, 0.3) is 0 Å². The fraction of sp³-hybridized carbons (Fsp3) is 0.222. The van der Waals surface area contributed by atoms with Crippen molar-refractivity contribution in [2.75, 3.05) is 5.32 Å². The Labute approximate surface area is 141 Å². The molecule has 1 aromatic heterocycles. The number of hydrazone groups is 1. The molecular formula is C18H20N4O2. The number of carbonyl (C=O) groups is 2. The minimum Gasteiger partial charge on any atom is -0.326 e. The largest absolute Gasteiger partial charge is 0.326 e. The molecule has 124 valence electrons. The molecule has 0 fully saturated rings. The van der Waals surface area contributed by atoms with E-state index in [1.807, 2.05) is 6.92 Å². The summed E-state index contributed by atoms with van der Waals surface area (Å²) in [6.45, 7) is 2.04. The Morgan fingerprint density at radius 3 is 2.50 bits per heavy atom. The van der Waals surface area contributed by atoms with Gasteiger partial charge in [-0.15, -0.1) is 0 Å². The summed E-state index contributed by atoms with van der Waals surface area (Å²) in [6, 6.07) is 10.3. The van der Waals surface area contributed by atoms with Crippen molar-refractivity contribution in [3.05, 3.63) is 59.9 Å². The van der Waals surface area contributed by atoms with E-state index in [2.05, 4.69) is 20.8 Å². The molecule has 6 heteroatoms. The number of aromatic nitrogens is 1. The average Bonchev–Trinajstić information content (AvgIpc) is 2.61. The first kappa shape index (κ1) is 17.3. The SMILES string of the molecule is CCCCC(=O)Nc1ccc(C(=O)NN=Cc2ccncc2)cc1. The molecule has 6 nitrogen and oxygen atoms in total. The van der Waals surface area contributed by atoms with Crippen LogP contribution >= 0.6 is 0 Å². The molecule has 24 heavy (non-hydrogen) atoms. The number of benzene rings is 1. The van der Waals surface area contributed by atoms with E-state index < -0.39 is 0 Å². The van der Waals surface area contributed by atoms with Crippen LogP contribution in [0.15, 0.2) is 53.9 Å². The van der Waals surface area contributed by atoms with Gasteiger partial charge in [-0.25, -0.2) is 5.43 Å². The molecule has 2 amide bonds. The van der Waals surface area contributed by atoms with E-state index in [1.165, 1.54) is 0 Å². The molecule has 0 saturated heterocycles. The fourth-order valence-electron chi connectivity index (χ4n) is 1.95. The second kappa shape index (κ2) is 9.19. The maximum Gasteiger partial charge on any atom is 0.271 e. The van der Waals surface area contributed by atoms with Gasteiger partial charge in [-0.3, -0.25) is 14.6 Å². The molecule has 0 aliphatic rings. The monoisotopic (exact) mass is 324 g/mol. The number of anilines is 1. The van der Waals surface area contributed by atoms with Gasteiger partial charge in [0.15, 0.2) is 0 Å². The Kier molecular flexibility index (Phi) is 6.64. The number of unbranched alkanes of at least 4 members (excludes halogenated alkanes) is 1. The zero-order chi connectivity index (χ0) is 17.2. The molecule has 0 spiro atoms. The maximum absolute atomic E-state index is 12.0. The van der Waals surface area contributed by atoms with Gasteiger partial charge in [0.2, 0.25) is 5.91 Å². The number of hydrogen-bond donors (Lipinski definition) is 2. The minimum absolute atomic E-state index is 0.0176. The molecule has 0 saturated carbocycles. The summed E-state index contributed by atoms with van der Waals surface area (Å²) in [7, 11) is 0. The lowest BCUT2D eigenvalue weighted by atomic mass is 10.2. The minimum atomic E-state index is -0.316. The zero-order valence-corrected chi connectivity index (χ0v) is 13.5. The molecule has 2 N–H and O–H groups in total. The molecular weight excluding hydrogens is 304 g/mol. The van der Waals surface area contributed by atoms with Crippen molar-refractivity contribution in [2.24, 2.45) is 5.10 Å². The first-order chi connectivity index (χ1) is 11.7. The Morgan fingerprint density at radius 1 is 1.12 bits per heavy atom. The molecule has 0 aliphatic heterocycles. The Morgan fingerprint density at radius 2 is 1.83 bits per heavy atom. The van der Waals surface area contributed by atoms with Crippen molar-refractivity contribution in [1.29, 1.82) is 0 Å². The Bertz CT molecular complexity index is 697. The van der Waals surface area contributed by atoms with Crippen molar-refractivity contribution in [2.45, 2.75) is 26.2 Å². The van der Waals surface area contributed by atoms with Gasteiger partial charge in [0.1, 0.15) is 0 Å². The number of nitrogens with zero attached hydrogens (tertiary/aromatic N) is 2. The van der Waals surface area contributed by atoms with E-state index in [1.54, 1.807) is 55.0 Å². The summed E-state index contributed by atoms with van der Waals surface area (Å²) in [5.74, 6) is -0.333. The molecule has 1 heterocycles. The second-order valence-corrected chi connectivity index (χ2v) is 5.21. The van der Waals surface area contributed by atoms with Gasteiger partial charge >= 0.3 is 0 Å². The lowest BCUT2D eigenvalue weighted by molar-refractivity contribution is -0.116. The molecule has 0 aliphatic carbocycles. The van der Waals surface area contributed by atoms with Crippen LogP contribution in [0.3, 0.4) is 0 Å². The zero-order valence-electron chi connectivity index (χ0n) is 13.5. The first-order valence-electron chi connectivity index (χ1n) is 7.82. The molecule has 2 rings (SSSR count). The van der Waals surface area contributed by atoms with Gasteiger partial charge in [-0.05, 0) is 48.4 Å². The van der Waals surface area contributed by atoms with Crippen molar-refractivity contribution < 1.29 is 9.59 Å². The molecule has 0 radical (unpaired) electrons. The molecule has 1 aromatic carbocycles. The summed E-state index contributed by atoms with van der Waals surface area (Å²) < 4.78 is 0. The van der Waals surface area contributed by atoms with Crippen LogP contribution in [0.1, 0.15) is 42.1 Å². The number of carbonyl (C=O) groups excluding carboxylic acids is 2. The van der Waals surface area contributed by atoms with Gasteiger partial charge in [0.05, 0.1) is 6.21 Å². The van der Waals surface area contributed by atoms with E-state index in [-0.39, 0.29) is 11.8 Å². The number of pyridine rings is 1. The fourth-order valence-corrected chi connectivity index (χ4v) is 1.95. The third kappa shape index (κ3) is 5.64. The highest BCUT2D eigenvalue weighted by Gasteiger charge is 2.05. The maximum atomic E-state index is 12.0. The van der Waals surface area contributed by atoms with Crippen LogP contribution in [-0.2, 0) is 4.79 Å². The van der Waals surface area contributed by atoms with Crippen molar-refractivity contribution in [3.8, 4) is 0 Å². The Balaban J connectivity index is 1.87. The van der Waals surface area contributed by atoms with Gasteiger partial charge in [-0.2, -0.15) is 5.10 Å². The standard InChI is InChI=1S/C18H20N4O2/c1-2-3-4-17(23)21-16-7-5-15(6-8-16)18(24)22-20-13-14-9-11-19-12-10-14/h5-13H,2-4H2,1H3,(H,21,23)(H,22,24). The van der Waals surface area contributed by atoms with E-state index >= 15 is 0 Å². The van der Waals surface area contributed by atoms with Crippen LogP contribution < -0.4 is 10.7 Å². The normalized spacial score (nSPS) is 10.5. The molecule has 0 atom stereocenters. The van der Waals surface area contributed by atoms with Crippen LogP contribution in [0.5, 0.6) is 0 Å². The number of nitrogens with one attached hydrogen (secondary N) is 2. The van der Waals surface area contributed by atoms with E-state index in [0.29, 0.717) is 17.7 Å². The summed E-state index contributed by atoms with van der Waals surface area (Å²) in [5.41, 5.74) is 4.44. The number of hydrogen-bond acceptors (Lipinski definition) is 4. The smallest absolute Gasteiger partial charge is 0.271 e. The van der Waals surface area contributed by atoms with E-state index in [9.17, 15) is 9.59 Å². The predicted molar refractivity (Wildman–Crippen MR) is 93.9 cm³/mol. The summed E-state index contributed by atoms with van der Waals surface area (Å²) in [4.78, 5) is 27.5. The molecule has 0 unspecified atom stereocenters. The predicted octanol–water partition coefficient (Wildman–Crippen LogP) is 2.97. The average molecular weight is 324 g/mol. The van der Waals surface area contributed by atoms with Gasteiger partial charge in [-0.1, -0.05) is 13.3 Å². The van der Waals surface area contributed by atoms with Crippen LogP contribution in [0, 0.1) is 0 Å². The van der Waals surface area contributed by atoms with Gasteiger partial charge < -0.3 is 5.32 Å². The summed E-state index contributed by atoms with van der Waals surface area (Å²) >= 11 is 0. The van der Waals surface area contributed by atoms with Crippen LogP contribution in [0.2, 0.25) is 0 Å². The van der Waals surface area contributed by atoms with Crippen LogP contribution in [0.4, 0.5) is 5.69 Å². The third-order valence-corrected chi connectivity index (χ3v) is 3.27. The second-order valence-electron chi connectivity index (χ2n) is 5.21. The summed E-state index contributed by atoms with van der Waals surface area (Å²) in [6.07, 6.45) is 7.19. The number of amides is 2. The number of rotatable bonds is 7. The molecule has 0 bridgehead atoms. The van der Waals surface area contributed by atoms with Gasteiger partial charge in [0.25, 0.3) is 5.91 Å². The Hall–Kier alpha value is -3.02. The van der Waals surface area contributed by atoms with E-state index in [0.717, 1.165) is 18.4 Å². The highest BCUT2D eigenvalue weighted by Crippen LogP contribution is 2.10. The lowest BCUT2D eigenvalue weighted by Crippen LogP contribution is -2.17. The van der Waals surface area contributed by atoms with Gasteiger partial charge in [0, 0.05) is 30.1 Å². The highest BCUT2D eigenvalue weighted by molar-refractivity contribution is 5.96. The topological polar surface area (TPSA) is 83.5 Å². The first-order valence-corrected chi connectivity index (χ1v) is 7.82. The van der Waals surface area contributed by atoms with Crippen molar-refractivity contribution in [3.63, 3.8) is 0 Å². The van der Waals surface area contributed by atoms with Crippen molar-refractivity contribution in [1.82, 2.24) is 10.4 Å². The highest BCUT2D eigenvalue weighted by atomic mass is 16.2. The molecule has 2 aromatic rings. The summed E-state index contributed by atoms with van der Waals surface area (Å²) in [5, 5.41) is 6.70. The lowest BCUT2D eigenvalue weighted by Gasteiger charge is -2.05. The van der Waals surface area contributed by atoms with Crippen LogP contribution in [-0.4, -0.2) is 23.0 Å². The van der Waals surface area contributed by atoms with E-state index in [4.69, 9.17) is 0 Å². The third-order valence-electron chi connectivity index (χ3n) is 3.27. The quantitative estimate of drug-likeness (QED) is 0.606.